The molecule has 1 aliphatic heterocycles. The Kier molecular flexibility index (Phi) is 6.60. The van der Waals surface area contributed by atoms with E-state index >= 15 is 0 Å². The molecule has 0 saturated carbocycles. The van der Waals surface area contributed by atoms with E-state index in [0.717, 1.165) is 5.56 Å². The third kappa shape index (κ3) is 5.27. The molecule has 1 aliphatic rings. The second kappa shape index (κ2) is 8.99. The first-order valence-electron chi connectivity index (χ1n) is 9.27. The molecule has 9 heteroatoms. The highest BCUT2D eigenvalue weighted by atomic mass is 32.2. The fourth-order valence-corrected chi connectivity index (χ4v) is 3.77. The summed E-state index contributed by atoms with van der Waals surface area (Å²) in [4.78, 5) is 28.7. The quantitative estimate of drug-likeness (QED) is 0.671. The summed E-state index contributed by atoms with van der Waals surface area (Å²) >= 11 is -0.216. The number of halogens is 3. The number of amides is 2. The van der Waals surface area contributed by atoms with Crippen molar-refractivity contribution < 1.29 is 27.5 Å². The van der Waals surface area contributed by atoms with Crippen LogP contribution in [0.15, 0.2) is 47.4 Å². The Morgan fingerprint density at radius 2 is 1.40 bits per heavy atom. The van der Waals surface area contributed by atoms with Crippen molar-refractivity contribution in [3.63, 3.8) is 0 Å². The van der Waals surface area contributed by atoms with Gasteiger partial charge in [-0.2, -0.15) is 13.2 Å². The Morgan fingerprint density at radius 1 is 0.900 bits per heavy atom. The number of benzene rings is 2. The van der Waals surface area contributed by atoms with Gasteiger partial charge in [0.25, 0.3) is 11.8 Å². The lowest BCUT2D eigenvalue weighted by Gasteiger charge is -2.35. The van der Waals surface area contributed by atoms with Crippen molar-refractivity contribution in [1.82, 2.24) is 9.80 Å². The van der Waals surface area contributed by atoms with E-state index in [4.69, 9.17) is 4.74 Å². The number of hydrogen-bond donors (Lipinski definition) is 0. The van der Waals surface area contributed by atoms with Crippen molar-refractivity contribution in [1.29, 1.82) is 0 Å². The first-order valence-corrected chi connectivity index (χ1v) is 10.1. The van der Waals surface area contributed by atoms with E-state index in [1.807, 2.05) is 13.0 Å². The summed E-state index contributed by atoms with van der Waals surface area (Å²) in [6.45, 7) is 3.36. The van der Waals surface area contributed by atoms with Crippen molar-refractivity contribution in [3.8, 4) is 5.75 Å². The number of carbonyl (C=O) groups is 2. The van der Waals surface area contributed by atoms with Crippen LogP contribution in [0, 0.1) is 6.92 Å². The molecule has 2 aromatic rings. The first-order chi connectivity index (χ1) is 14.2. The second-order valence-corrected chi connectivity index (χ2v) is 7.98. The molecule has 0 atom stereocenters. The topological polar surface area (TPSA) is 49.9 Å². The lowest BCUT2D eigenvalue weighted by atomic mass is 10.1. The Labute approximate surface area is 176 Å². The van der Waals surface area contributed by atoms with Crippen LogP contribution in [0.5, 0.6) is 5.75 Å². The summed E-state index contributed by atoms with van der Waals surface area (Å²) in [7, 11) is 1.55. The van der Waals surface area contributed by atoms with Gasteiger partial charge in [0.15, 0.2) is 0 Å². The number of carbonyl (C=O) groups excluding carboxylic acids is 2. The summed E-state index contributed by atoms with van der Waals surface area (Å²) < 4.78 is 42.5. The van der Waals surface area contributed by atoms with E-state index in [0.29, 0.717) is 43.1 Å². The fourth-order valence-electron chi connectivity index (χ4n) is 3.23. The van der Waals surface area contributed by atoms with Gasteiger partial charge in [-0.05, 0) is 60.6 Å². The maximum absolute atomic E-state index is 12.7. The molecule has 3 rings (SSSR count). The third-order valence-electron chi connectivity index (χ3n) is 4.84. The average Bonchev–Trinajstić information content (AvgIpc) is 2.72. The average molecular weight is 438 g/mol. The van der Waals surface area contributed by atoms with Crippen molar-refractivity contribution in [2.75, 3.05) is 33.3 Å². The van der Waals surface area contributed by atoms with E-state index in [1.165, 1.54) is 24.3 Å². The minimum atomic E-state index is -4.37. The molecule has 160 valence electrons. The molecule has 0 radical (unpaired) electrons. The van der Waals surface area contributed by atoms with Gasteiger partial charge in [-0.3, -0.25) is 9.59 Å². The molecule has 1 heterocycles. The summed E-state index contributed by atoms with van der Waals surface area (Å²) in [5.41, 5.74) is -2.58. The van der Waals surface area contributed by atoms with Crippen LogP contribution in [0.4, 0.5) is 13.2 Å². The molecule has 2 aromatic carbocycles. The summed E-state index contributed by atoms with van der Waals surface area (Å²) in [6, 6.07) is 10.6. The molecule has 0 spiro atoms. The normalized spacial score (nSPS) is 14.6. The molecule has 0 aliphatic carbocycles. The van der Waals surface area contributed by atoms with Gasteiger partial charge in [-0.25, -0.2) is 0 Å². The molecule has 30 heavy (non-hydrogen) atoms. The van der Waals surface area contributed by atoms with Crippen molar-refractivity contribution in [2.45, 2.75) is 17.3 Å². The zero-order chi connectivity index (χ0) is 21.9. The molecular formula is C21H21F3N2O3S. The second-order valence-electron chi connectivity index (χ2n) is 6.84. The predicted molar refractivity (Wildman–Crippen MR) is 108 cm³/mol. The number of alkyl halides is 3. The maximum Gasteiger partial charge on any atom is 0.446 e. The monoisotopic (exact) mass is 438 g/mol. The zero-order valence-electron chi connectivity index (χ0n) is 16.5. The number of thioether (sulfide) groups is 1. The Balaban J connectivity index is 1.59. The van der Waals surface area contributed by atoms with Crippen LogP contribution >= 0.6 is 11.8 Å². The van der Waals surface area contributed by atoms with Gasteiger partial charge < -0.3 is 14.5 Å². The fraction of sp³-hybridized carbons (Fsp3) is 0.333. The van der Waals surface area contributed by atoms with Crippen LogP contribution in [-0.2, 0) is 0 Å². The number of piperazine rings is 1. The number of rotatable bonds is 4. The van der Waals surface area contributed by atoms with Crippen molar-refractivity contribution >= 4 is 23.6 Å². The number of methoxy groups -OCH3 is 1. The lowest BCUT2D eigenvalue weighted by molar-refractivity contribution is -0.0328. The molecule has 0 bridgehead atoms. The van der Waals surface area contributed by atoms with E-state index in [-0.39, 0.29) is 28.5 Å². The van der Waals surface area contributed by atoms with Gasteiger partial charge >= 0.3 is 5.51 Å². The van der Waals surface area contributed by atoms with Crippen LogP contribution in [0.25, 0.3) is 0 Å². The Bertz CT molecular complexity index is 924. The van der Waals surface area contributed by atoms with Gasteiger partial charge in [0.1, 0.15) is 5.75 Å². The van der Waals surface area contributed by atoms with Crippen molar-refractivity contribution in [3.05, 3.63) is 59.2 Å². The van der Waals surface area contributed by atoms with Crippen LogP contribution in [-0.4, -0.2) is 60.4 Å². The van der Waals surface area contributed by atoms with Gasteiger partial charge in [-0.15, -0.1) is 0 Å². The van der Waals surface area contributed by atoms with E-state index in [9.17, 15) is 22.8 Å². The van der Waals surface area contributed by atoms with Crippen LogP contribution in [0.2, 0.25) is 0 Å². The molecule has 5 nitrogen and oxygen atoms in total. The highest BCUT2D eigenvalue weighted by Gasteiger charge is 2.30. The molecule has 1 fully saturated rings. The number of aryl methyl sites for hydroxylation is 1. The lowest BCUT2D eigenvalue weighted by Crippen LogP contribution is -2.50. The number of ether oxygens (including phenoxy) is 1. The standard InChI is InChI=1S/C21H21F3N2O3S/c1-14-3-4-16(13-18(14)29-2)20(28)26-11-9-25(10-12-26)19(27)15-5-7-17(8-6-15)30-21(22,23)24/h3-8,13H,9-12H2,1-2H3. The van der Waals surface area contributed by atoms with Crippen LogP contribution in [0.1, 0.15) is 26.3 Å². The molecule has 0 N–H and O–H groups in total. The molecule has 0 unspecified atom stereocenters. The maximum atomic E-state index is 12.7. The van der Waals surface area contributed by atoms with Gasteiger partial charge in [0.05, 0.1) is 7.11 Å². The third-order valence-corrected chi connectivity index (χ3v) is 5.58. The minimum Gasteiger partial charge on any atom is -0.496 e. The van der Waals surface area contributed by atoms with Gasteiger partial charge in [0.2, 0.25) is 0 Å². The number of nitrogens with zero attached hydrogens (tertiary/aromatic N) is 2. The summed E-state index contributed by atoms with van der Waals surface area (Å²) in [5.74, 6) is 0.249. The van der Waals surface area contributed by atoms with Crippen molar-refractivity contribution in [2.24, 2.45) is 0 Å². The van der Waals surface area contributed by atoms with Gasteiger partial charge in [-0.1, -0.05) is 6.07 Å². The zero-order valence-corrected chi connectivity index (χ0v) is 17.3. The molecule has 1 saturated heterocycles. The Morgan fingerprint density at radius 3 is 1.90 bits per heavy atom. The van der Waals surface area contributed by atoms with Crippen LogP contribution in [0.3, 0.4) is 0 Å². The van der Waals surface area contributed by atoms with Crippen LogP contribution < -0.4 is 4.74 Å². The van der Waals surface area contributed by atoms with E-state index in [2.05, 4.69) is 0 Å². The van der Waals surface area contributed by atoms with E-state index < -0.39 is 5.51 Å². The smallest absolute Gasteiger partial charge is 0.446 e. The predicted octanol–water partition coefficient (Wildman–Crippen LogP) is 4.21. The summed E-state index contributed by atoms with van der Waals surface area (Å²) in [5, 5.41) is 0. The molecular weight excluding hydrogens is 417 g/mol. The first kappa shape index (κ1) is 22.0. The molecule has 2 amide bonds. The summed E-state index contributed by atoms with van der Waals surface area (Å²) in [6.07, 6.45) is 0. The number of hydrogen-bond acceptors (Lipinski definition) is 4. The highest BCUT2D eigenvalue weighted by molar-refractivity contribution is 8.00. The highest BCUT2D eigenvalue weighted by Crippen LogP contribution is 2.36. The SMILES string of the molecule is COc1cc(C(=O)N2CCN(C(=O)c3ccc(SC(F)(F)F)cc3)CC2)ccc1C. The largest absolute Gasteiger partial charge is 0.496 e. The minimum absolute atomic E-state index is 0.0305. The Hall–Kier alpha value is -2.68. The van der Waals surface area contributed by atoms with E-state index in [1.54, 1.807) is 29.0 Å². The van der Waals surface area contributed by atoms with Gasteiger partial charge in [0, 0.05) is 42.2 Å². The molecule has 0 aromatic heterocycles.